The number of benzene rings is 2. The van der Waals surface area contributed by atoms with Gasteiger partial charge >= 0.3 is 0 Å². The molecule has 1 amide bonds. The summed E-state index contributed by atoms with van der Waals surface area (Å²) < 4.78 is 3.62. The van der Waals surface area contributed by atoms with E-state index in [0.717, 1.165) is 67.3 Å². The quantitative estimate of drug-likeness (QED) is 0.165. The number of hydrogen-bond acceptors (Lipinski definition) is 12. The van der Waals surface area contributed by atoms with Gasteiger partial charge in [-0.3, -0.25) is 14.3 Å². The number of carbonyl (C=O) groups excluding carboxylic acids is 1. The van der Waals surface area contributed by atoms with E-state index in [1.165, 1.54) is 0 Å². The van der Waals surface area contributed by atoms with Crippen molar-refractivity contribution in [3.63, 3.8) is 0 Å². The van der Waals surface area contributed by atoms with Crippen molar-refractivity contribution < 1.29 is 9.90 Å². The second-order valence-corrected chi connectivity index (χ2v) is 16.8. The fourth-order valence-electron chi connectivity index (χ4n) is 9.34. The number of fused-ring (bicyclic) bond motifs is 4. The van der Waals surface area contributed by atoms with Crippen LogP contribution in [0.2, 0.25) is 0 Å². The zero-order chi connectivity index (χ0) is 42.3. The molecule has 16 nitrogen and oxygen atoms in total. The maximum absolute atomic E-state index is 13.4. The van der Waals surface area contributed by atoms with Crippen molar-refractivity contribution in [1.82, 2.24) is 54.7 Å². The first-order chi connectivity index (χ1) is 29.4. The molecule has 4 N–H and O–H groups in total. The first-order valence-corrected chi connectivity index (χ1v) is 20.7. The van der Waals surface area contributed by atoms with Crippen LogP contribution in [-0.4, -0.2) is 100 Å². The Kier molecular flexibility index (Phi) is 9.19. The van der Waals surface area contributed by atoms with E-state index < -0.39 is 0 Å². The van der Waals surface area contributed by atoms with Crippen LogP contribution < -0.4 is 25.9 Å². The standard InChI is InChI=1S/C45H47N13O3/c1-23-17-57(30-7-8-34-31(15-30)39(45(61)46-5)53-43(51-34)32-14-28-20-55(6)54-38(28)25(3)40(32)59)21-29(48-23)13-27-11-12-56(19-27)37-10-9-35-36(50-37)16-47-42(52-35)33-22-58-18-24(2)49-44(58)26(4)41(33)60/h7-10,14-16,18,20,22-23,27,29,48-49,59H,11-13,17,19,21H2,1-6H3,(H,46,61)/t23-,27?,29+/m0/s1. The minimum atomic E-state index is -0.326. The summed E-state index contributed by atoms with van der Waals surface area (Å²) in [6, 6.07) is 12.3. The Labute approximate surface area is 350 Å². The van der Waals surface area contributed by atoms with Gasteiger partial charge in [0.2, 0.25) is 0 Å². The number of rotatable bonds is 7. The number of aromatic amines is 1. The molecular weight excluding hydrogens is 771 g/mol. The van der Waals surface area contributed by atoms with Crippen molar-refractivity contribution in [1.29, 1.82) is 0 Å². The topological polar surface area (TPSA) is 187 Å². The number of nitrogens with one attached hydrogen (secondary N) is 3. The molecule has 0 aliphatic carbocycles. The molecule has 2 aliphatic heterocycles. The minimum absolute atomic E-state index is 0.0425. The predicted octanol–water partition coefficient (Wildman–Crippen LogP) is 5.20. The average Bonchev–Trinajstić information content (AvgIpc) is 3.99. The summed E-state index contributed by atoms with van der Waals surface area (Å²) in [5.41, 5.74) is 7.76. The SMILES string of the molecule is CNC(=O)c1nc(-c2cc3cn(C)nc3c(C)c2O)nc2ccc(N3C[C@@H](CC4CCN(c5ccc6nc(-c7cn8cc(C)[nH]c8c(C)c7=O)ncc6n5)C4)N[C@@H](C)C3)cc12. The highest BCUT2D eigenvalue weighted by atomic mass is 16.3. The van der Waals surface area contributed by atoms with Gasteiger partial charge in [0.05, 0.1) is 33.9 Å². The Balaban J connectivity index is 0.853. The number of H-pyrrole nitrogens is 1. The number of anilines is 2. The highest BCUT2D eigenvalue weighted by Gasteiger charge is 2.31. The number of nitrogens with zero attached hydrogens (tertiary/aromatic N) is 10. The number of phenolic OH excluding ortho intramolecular Hbond substituents is 1. The molecule has 61 heavy (non-hydrogen) atoms. The van der Waals surface area contributed by atoms with E-state index in [1.807, 2.05) is 74.9 Å². The molecule has 0 spiro atoms. The lowest BCUT2D eigenvalue weighted by Crippen LogP contribution is -2.56. The van der Waals surface area contributed by atoms with Crippen LogP contribution in [0, 0.1) is 26.7 Å². The number of hydrogen-bond donors (Lipinski definition) is 4. The predicted molar refractivity (Wildman–Crippen MR) is 236 cm³/mol. The van der Waals surface area contributed by atoms with Gasteiger partial charge in [-0.25, -0.2) is 24.9 Å². The van der Waals surface area contributed by atoms with Crippen LogP contribution >= 0.6 is 0 Å². The Bertz CT molecular complexity index is 3130. The number of imidazole rings is 1. The van der Waals surface area contributed by atoms with Gasteiger partial charge < -0.3 is 34.9 Å². The third-order valence-corrected chi connectivity index (χ3v) is 12.3. The highest BCUT2D eigenvalue weighted by Crippen LogP contribution is 2.37. The van der Waals surface area contributed by atoms with Crippen molar-refractivity contribution >= 4 is 55.9 Å². The molecule has 16 heteroatoms. The van der Waals surface area contributed by atoms with Crippen LogP contribution in [-0.2, 0) is 7.05 Å². The van der Waals surface area contributed by atoms with E-state index in [4.69, 9.17) is 19.9 Å². The molecule has 6 aromatic heterocycles. The van der Waals surface area contributed by atoms with Crippen LogP contribution in [0.3, 0.4) is 0 Å². The summed E-state index contributed by atoms with van der Waals surface area (Å²) in [5, 5.41) is 23.8. The smallest absolute Gasteiger partial charge is 0.270 e. The summed E-state index contributed by atoms with van der Waals surface area (Å²) in [6.07, 6.45) is 9.40. The molecule has 310 valence electrons. The number of phenols is 1. The number of piperazine rings is 1. The molecule has 10 rings (SSSR count). The molecule has 3 atom stereocenters. The number of aromatic nitrogens is 9. The molecule has 2 fully saturated rings. The van der Waals surface area contributed by atoms with Gasteiger partial charge in [0.1, 0.15) is 28.4 Å². The Morgan fingerprint density at radius 3 is 2.56 bits per heavy atom. The summed E-state index contributed by atoms with van der Waals surface area (Å²) in [7, 11) is 3.43. The van der Waals surface area contributed by atoms with Gasteiger partial charge in [0.25, 0.3) is 5.91 Å². The van der Waals surface area contributed by atoms with Crippen molar-refractivity contribution in [2.75, 3.05) is 43.0 Å². The molecular formula is C45H47N13O3. The monoisotopic (exact) mass is 817 g/mol. The zero-order valence-corrected chi connectivity index (χ0v) is 35.0. The van der Waals surface area contributed by atoms with Crippen LogP contribution in [0.1, 0.15) is 47.1 Å². The van der Waals surface area contributed by atoms with Crippen molar-refractivity contribution in [2.45, 2.75) is 52.6 Å². The van der Waals surface area contributed by atoms with E-state index >= 15 is 0 Å². The third kappa shape index (κ3) is 6.76. The minimum Gasteiger partial charge on any atom is -0.507 e. The fourth-order valence-corrected chi connectivity index (χ4v) is 9.34. The number of amides is 1. The molecule has 2 aliphatic rings. The number of pyridine rings is 2. The first-order valence-electron chi connectivity index (χ1n) is 20.7. The molecule has 8 heterocycles. The van der Waals surface area contributed by atoms with Crippen molar-refractivity contribution in [3.05, 3.63) is 93.9 Å². The molecule has 8 aromatic rings. The van der Waals surface area contributed by atoms with E-state index in [0.29, 0.717) is 61.4 Å². The number of aryl methyl sites for hydroxylation is 4. The Hall–Kier alpha value is -6.94. The van der Waals surface area contributed by atoms with E-state index in [-0.39, 0.29) is 40.7 Å². The van der Waals surface area contributed by atoms with Crippen LogP contribution in [0.5, 0.6) is 5.75 Å². The number of carbonyl (C=O) groups is 1. The molecule has 0 radical (unpaired) electrons. The third-order valence-electron chi connectivity index (χ3n) is 12.3. The molecule has 2 aromatic carbocycles. The Morgan fingerprint density at radius 1 is 0.902 bits per heavy atom. The summed E-state index contributed by atoms with van der Waals surface area (Å²) in [5.74, 6) is 1.75. The molecule has 1 unspecified atom stereocenters. The van der Waals surface area contributed by atoms with Gasteiger partial charge in [0, 0.05) is 104 Å². The number of aromatic hydroxyl groups is 1. The average molecular weight is 818 g/mol. The lowest BCUT2D eigenvalue weighted by molar-refractivity contribution is 0.0960. The fraction of sp³-hybridized carbons (Fsp3) is 0.333. The van der Waals surface area contributed by atoms with Gasteiger partial charge in [0.15, 0.2) is 17.1 Å². The lowest BCUT2D eigenvalue weighted by Gasteiger charge is -2.40. The van der Waals surface area contributed by atoms with E-state index in [1.54, 1.807) is 24.1 Å². The summed E-state index contributed by atoms with van der Waals surface area (Å²) in [4.78, 5) is 58.5. The van der Waals surface area contributed by atoms with Gasteiger partial charge in [-0.2, -0.15) is 5.10 Å². The van der Waals surface area contributed by atoms with Crippen molar-refractivity contribution in [3.8, 4) is 28.5 Å². The lowest BCUT2D eigenvalue weighted by atomic mass is 9.96. The van der Waals surface area contributed by atoms with Gasteiger partial charge in [-0.1, -0.05) is 0 Å². The molecule has 2 saturated heterocycles. The maximum Gasteiger partial charge on any atom is 0.270 e. The second kappa shape index (κ2) is 14.7. The van der Waals surface area contributed by atoms with Gasteiger partial charge in [-0.05, 0) is 82.9 Å². The largest absolute Gasteiger partial charge is 0.507 e. The van der Waals surface area contributed by atoms with E-state index in [9.17, 15) is 14.7 Å². The zero-order valence-electron chi connectivity index (χ0n) is 35.0. The van der Waals surface area contributed by atoms with Crippen molar-refractivity contribution in [2.24, 2.45) is 13.0 Å². The second-order valence-electron chi connectivity index (χ2n) is 16.8. The highest BCUT2D eigenvalue weighted by molar-refractivity contribution is 6.06. The Morgan fingerprint density at radius 2 is 1.72 bits per heavy atom. The first kappa shape index (κ1) is 38.3. The normalized spacial score (nSPS) is 18.3. The van der Waals surface area contributed by atoms with Gasteiger partial charge in [-0.15, -0.1) is 0 Å². The molecule has 0 bridgehead atoms. The van der Waals surface area contributed by atoms with Crippen LogP contribution in [0.25, 0.3) is 61.3 Å². The van der Waals surface area contributed by atoms with Crippen LogP contribution in [0.15, 0.2) is 66.0 Å². The summed E-state index contributed by atoms with van der Waals surface area (Å²) in [6.45, 7) is 11.2. The summed E-state index contributed by atoms with van der Waals surface area (Å²) >= 11 is 0. The molecule has 0 saturated carbocycles. The van der Waals surface area contributed by atoms with Crippen LogP contribution in [0.4, 0.5) is 11.5 Å². The van der Waals surface area contributed by atoms with E-state index in [2.05, 4.69) is 48.5 Å². The maximum atomic E-state index is 13.4.